The van der Waals surface area contributed by atoms with Crippen molar-refractivity contribution in [1.29, 1.82) is 0 Å². The summed E-state index contributed by atoms with van der Waals surface area (Å²) in [5.41, 5.74) is 1.77. The van der Waals surface area contributed by atoms with Gasteiger partial charge >= 0.3 is 0 Å². The maximum Gasteiger partial charge on any atom is 0.128 e. The summed E-state index contributed by atoms with van der Waals surface area (Å²) in [6.07, 6.45) is 6.71. The standard InChI is InChI=1S/C11H13N5/c1-16(2)11-4-3-9(7-14-11)15-10-5-12-8-13-6-10/h3-8,15H,1-2H3. The van der Waals surface area contributed by atoms with E-state index in [9.17, 15) is 0 Å². The Morgan fingerprint density at radius 1 is 1.00 bits per heavy atom. The fraction of sp³-hybridized carbons (Fsp3) is 0.182. The second-order valence-electron chi connectivity index (χ2n) is 3.55. The van der Waals surface area contributed by atoms with Crippen LogP contribution in [0.2, 0.25) is 0 Å². The number of pyridine rings is 1. The van der Waals surface area contributed by atoms with E-state index in [4.69, 9.17) is 0 Å². The maximum absolute atomic E-state index is 4.30. The molecule has 0 aliphatic carbocycles. The molecule has 82 valence electrons. The van der Waals surface area contributed by atoms with Crippen molar-refractivity contribution in [1.82, 2.24) is 15.0 Å². The number of nitrogens with one attached hydrogen (secondary N) is 1. The summed E-state index contributed by atoms with van der Waals surface area (Å²) in [5, 5.41) is 3.16. The number of hydrogen-bond donors (Lipinski definition) is 1. The second-order valence-corrected chi connectivity index (χ2v) is 3.55. The normalized spacial score (nSPS) is 9.88. The molecule has 0 saturated heterocycles. The number of hydrogen-bond acceptors (Lipinski definition) is 5. The summed E-state index contributed by atoms with van der Waals surface area (Å²) >= 11 is 0. The van der Waals surface area contributed by atoms with Crippen LogP contribution < -0.4 is 10.2 Å². The quantitative estimate of drug-likeness (QED) is 0.844. The highest BCUT2D eigenvalue weighted by atomic mass is 15.1. The lowest BCUT2D eigenvalue weighted by Gasteiger charge is -2.11. The molecule has 0 spiro atoms. The van der Waals surface area contributed by atoms with Gasteiger partial charge in [0.05, 0.1) is 30.0 Å². The summed E-state index contributed by atoms with van der Waals surface area (Å²) in [7, 11) is 3.92. The highest BCUT2D eigenvalue weighted by Crippen LogP contribution is 2.15. The summed E-state index contributed by atoms with van der Waals surface area (Å²) in [4.78, 5) is 14.1. The molecule has 0 unspecified atom stereocenters. The van der Waals surface area contributed by atoms with Crippen molar-refractivity contribution in [3.05, 3.63) is 37.1 Å². The molecule has 0 bridgehead atoms. The molecule has 2 aromatic heterocycles. The number of aromatic nitrogens is 3. The van der Waals surface area contributed by atoms with Crippen LogP contribution in [0.4, 0.5) is 17.2 Å². The van der Waals surface area contributed by atoms with Crippen molar-refractivity contribution >= 4 is 17.2 Å². The van der Waals surface area contributed by atoms with Crippen LogP contribution in [-0.2, 0) is 0 Å². The van der Waals surface area contributed by atoms with E-state index in [2.05, 4.69) is 20.3 Å². The van der Waals surface area contributed by atoms with Gasteiger partial charge in [0.25, 0.3) is 0 Å². The Bertz CT molecular complexity index is 438. The summed E-state index contributed by atoms with van der Waals surface area (Å²) < 4.78 is 0. The van der Waals surface area contributed by atoms with Gasteiger partial charge in [0.1, 0.15) is 12.1 Å². The molecule has 0 saturated carbocycles. The van der Waals surface area contributed by atoms with Gasteiger partial charge in [-0.15, -0.1) is 0 Å². The second kappa shape index (κ2) is 4.57. The molecule has 16 heavy (non-hydrogen) atoms. The van der Waals surface area contributed by atoms with Gasteiger partial charge in [0, 0.05) is 14.1 Å². The van der Waals surface area contributed by atoms with E-state index >= 15 is 0 Å². The van der Waals surface area contributed by atoms with Crippen molar-refractivity contribution in [2.45, 2.75) is 0 Å². The molecule has 0 atom stereocenters. The Labute approximate surface area is 94.2 Å². The molecule has 0 aliphatic heterocycles. The molecule has 0 amide bonds. The minimum absolute atomic E-state index is 0.849. The van der Waals surface area contributed by atoms with Crippen molar-refractivity contribution in [3.8, 4) is 0 Å². The van der Waals surface area contributed by atoms with Crippen molar-refractivity contribution in [2.24, 2.45) is 0 Å². The first-order chi connectivity index (χ1) is 7.75. The zero-order valence-electron chi connectivity index (χ0n) is 9.25. The third-order valence-electron chi connectivity index (χ3n) is 2.06. The van der Waals surface area contributed by atoms with E-state index in [1.54, 1.807) is 18.6 Å². The Kier molecular flexibility index (Phi) is 2.95. The molecule has 5 heteroatoms. The van der Waals surface area contributed by atoms with Gasteiger partial charge in [-0.25, -0.2) is 15.0 Å². The van der Waals surface area contributed by atoms with Crippen LogP contribution in [0.25, 0.3) is 0 Å². The molecule has 2 heterocycles. The largest absolute Gasteiger partial charge is 0.363 e. The van der Waals surface area contributed by atoms with Crippen molar-refractivity contribution in [2.75, 3.05) is 24.3 Å². The van der Waals surface area contributed by atoms with Gasteiger partial charge in [-0.1, -0.05) is 0 Å². The molecule has 5 nitrogen and oxygen atoms in total. The minimum Gasteiger partial charge on any atom is -0.363 e. The van der Waals surface area contributed by atoms with E-state index in [-0.39, 0.29) is 0 Å². The van der Waals surface area contributed by atoms with E-state index < -0.39 is 0 Å². The molecular weight excluding hydrogens is 202 g/mol. The smallest absolute Gasteiger partial charge is 0.128 e. The average Bonchev–Trinajstić information content (AvgIpc) is 2.31. The predicted molar refractivity (Wildman–Crippen MR) is 63.9 cm³/mol. The van der Waals surface area contributed by atoms with Gasteiger partial charge in [-0.05, 0) is 12.1 Å². The minimum atomic E-state index is 0.849. The third-order valence-corrected chi connectivity index (χ3v) is 2.06. The van der Waals surface area contributed by atoms with Crippen LogP contribution in [0.1, 0.15) is 0 Å². The van der Waals surface area contributed by atoms with E-state index in [0.29, 0.717) is 0 Å². The van der Waals surface area contributed by atoms with Crippen LogP contribution >= 0.6 is 0 Å². The molecular formula is C11H13N5. The number of nitrogens with zero attached hydrogens (tertiary/aromatic N) is 4. The monoisotopic (exact) mass is 215 g/mol. The van der Waals surface area contributed by atoms with Crippen LogP contribution in [0.3, 0.4) is 0 Å². The van der Waals surface area contributed by atoms with Crippen LogP contribution in [0, 0.1) is 0 Å². The third kappa shape index (κ3) is 2.44. The Hall–Kier alpha value is -2.17. The van der Waals surface area contributed by atoms with E-state index in [1.165, 1.54) is 6.33 Å². The zero-order valence-corrected chi connectivity index (χ0v) is 9.25. The lowest BCUT2D eigenvalue weighted by molar-refractivity contribution is 1.07. The molecule has 0 fully saturated rings. The van der Waals surface area contributed by atoms with Gasteiger partial charge in [-0.2, -0.15) is 0 Å². The average molecular weight is 215 g/mol. The Balaban J connectivity index is 2.11. The Morgan fingerprint density at radius 2 is 1.75 bits per heavy atom. The molecule has 0 aliphatic rings. The van der Waals surface area contributed by atoms with Crippen molar-refractivity contribution in [3.63, 3.8) is 0 Å². The molecule has 2 rings (SSSR count). The predicted octanol–water partition coefficient (Wildman–Crippen LogP) is 1.68. The van der Waals surface area contributed by atoms with Crippen LogP contribution in [-0.4, -0.2) is 29.0 Å². The first-order valence-electron chi connectivity index (χ1n) is 4.91. The highest BCUT2D eigenvalue weighted by molar-refractivity contribution is 5.58. The Morgan fingerprint density at radius 3 is 2.31 bits per heavy atom. The van der Waals surface area contributed by atoms with Gasteiger partial charge < -0.3 is 10.2 Å². The van der Waals surface area contributed by atoms with Crippen molar-refractivity contribution < 1.29 is 0 Å². The lowest BCUT2D eigenvalue weighted by atomic mass is 10.3. The fourth-order valence-electron chi connectivity index (χ4n) is 1.25. The number of rotatable bonds is 3. The lowest BCUT2D eigenvalue weighted by Crippen LogP contribution is -2.10. The SMILES string of the molecule is CN(C)c1ccc(Nc2cncnc2)cn1. The molecule has 2 aromatic rings. The van der Waals surface area contributed by atoms with Gasteiger partial charge in [0.2, 0.25) is 0 Å². The van der Waals surface area contributed by atoms with Crippen LogP contribution in [0.15, 0.2) is 37.1 Å². The summed E-state index contributed by atoms with van der Waals surface area (Å²) in [6, 6.07) is 3.92. The van der Waals surface area contributed by atoms with Gasteiger partial charge in [0.15, 0.2) is 0 Å². The topological polar surface area (TPSA) is 53.9 Å². The van der Waals surface area contributed by atoms with E-state index in [0.717, 1.165) is 17.2 Å². The molecule has 0 aromatic carbocycles. The van der Waals surface area contributed by atoms with Crippen LogP contribution in [0.5, 0.6) is 0 Å². The zero-order chi connectivity index (χ0) is 11.4. The van der Waals surface area contributed by atoms with E-state index in [1.807, 2.05) is 31.1 Å². The number of anilines is 3. The first-order valence-corrected chi connectivity index (χ1v) is 4.91. The molecule has 1 N–H and O–H groups in total. The highest BCUT2D eigenvalue weighted by Gasteiger charge is 1.98. The van der Waals surface area contributed by atoms with Gasteiger partial charge in [-0.3, -0.25) is 0 Å². The maximum atomic E-state index is 4.30. The fourth-order valence-corrected chi connectivity index (χ4v) is 1.25. The molecule has 0 radical (unpaired) electrons. The first kappa shape index (κ1) is 10.4. The summed E-state index contributed by atoms with van der Waals surface area (Å²) in [5.74, 6) is 0.926. The summed E-state index contributed by atoms with van der Waals surface area (Å²) in [6.45, 7) is 0.